The summed E-state index contributed by atoms with van der Waals surface area (Å²) in [6.45, 7) is 8.97. The van der Waals surface area contributed by atoms with Crippen molar-refractivity contribution >= 4 is 0 Å². The van der Waals surface area contributed by atoms with E-state index in [1.54, 1.807) is 13.8 Å². The van der Waals surface area contributed by atoms with Crippen LogP contribution < -0.4 is 4.74 Å². The molecule has 0 fully saturated rings. The second-order valence-electron chi connectivity index (χ2n) is 3.15. The number of halogens is 2. The molecule has 0 saturated heterocycles. The average Bonchev–Trinajstić information content (AvgIpc) is 2.22. The van der Waals surface area contributed by atoms with Crippen molar-refractivity contribution in [2.45, 2.75) is 40.7 Å². The molecule has 1 aromatic carbocycles. The molecule has 0 atom stereocenters. The molecule has 0 radical (unpaired) electrons. The van der Waals surface area contributed by atoms with Crippen molar-refractivity contribution in [3.63, 3.8) is 0 Å². The van der Waals surface area contributed by atoms with Gasteiger partial charge in [0.05, 0.1) is 6.10 Å². The van der Waals surface area contributed by atoms with Crippen LogP contribution in [0, 0.1) is 18.6 Å². The fourth-order valence-corrected chi connectivity index (χ4v) is 0.982. The summed E-state index contributed by atoms with van der Waals surface area (Å²) in [6.07, 6.45) is -0.112. The zero-order valence-electron chi connectivity index (χ0n) is 9.90. The minimum Gasteiger partial charge on any atom is -0.488 e. The van der Waals surface area contributed by atoms with Gasteiger partial charge in [-0.25, -0.2) is 8.78 Å². The van der Waals surface area contributed by atoms with E-state index in [-0.39, 0.29) is 17.4 Å². The Bertz CT molecular complexity index is 309. The molecule has 0 aromatic heterocycles. The van der Waals surface area contributed by atoms with Crippen LogP contribution in [-0.2, 0) is 0 Å². The van der Waals surface area contributed by atoms with Gasteiger partial charge >= 0.3 is 0 Å². The zero-order chi connectivity index (χ0) is 12.0. The molecule has 0 bridgehead atoms. The van der Waals surface area contributed by atoms with Crippen LogP contribution in [0.25, 0.3) is 0 Å². The minimum atomic E-state index is -0.617. The molecule has 1 nitrogen and oxygen atoms in total. The van der Waals surface area contributed by atoms with Gasteiger partial charge in [-0.05, 0) is 32.9 Å². The summed E-state index contributed by atoms with van der Waals surface area (Å²) in [5, 5.41) is 0. The van der Waals surface area contributed by atoms with E-state index >= 15 is 0 Å². The summed E-state index contributed by atoms with van der Waals surface area (Å²) in [7, 11) is 0. The maximum atomic E-state index is 13.3. The second-order valence-corrected chi connectivity index (χ2v) is 3.15. The van der Waals surface area contributed by atoms with E-state index in [2.05, 4.69) is 0 Å². The largest absolute Gasteiger partial charge is 0.488 e. The lowest BCUT2D eigenvalue weighted by molar-refractivity contribution is 0.230. The van der Waals surface area contributed by atoms with Gasteiger partial charge in [-0.1, -0.05) is 13.8 Å². The monoisotopic (exact) mass is 216 g/mol. The van der Waals surface area contributed by atoms with Gasteiger partial charge < -0.3 is 4.74 Å². The number of rotatable bonds is 2. The molecule has 86 valence electrons. The van der Waals surface area contributed by atoms with E-state index in [0.29, 0.717) is 0 Å². The maximum Gasteiger partial charge on any atom is 0.170 e. The van der Waals surface area contributed by atoms with Gasteiger partial charge in [-0.3, -0.25) is 0 Å². The summed E-state index contributed by atoms with van der Waals surface area (Å²) in [6, 6.07) is 2.51. The summed E-state index contributed by atoms with van der Waals surface area (Å²) < 4.78 is 31.2. The van der Waals surface area contributed by atoms with Gasteiger partial charge in [0.2, 0.25) is 0 Å². The predicted molar refractivity (Wildman–Crippen MR) is 58.2 cm³/mol. The Labute approximate surface area is 90.1 Å². The number of hydrogen-bond acceptors (Lipinski definition) is 1. The Kier molecular flexibility index (Phi) is 5.90. The van der Waals surface area contributed by atoms with Crippen molar-refractivity contribution in [1.82, 2.24) is 0 Å². The highest BCUT2D eigenvalue weighted by Crippen LogP contribution is 2.23. The highest BCUT2D eigenvalue weighted by Gasteiger charge is 2.11. The third-order valence-electron chi connectivity index (χ3n) is 1.65. The van der Waals surface area contributed by atoms with Crippen molar-refractivity contribution in [3.8, 4) is 5.75 Å². The molecule has 0 unspecified atom stereocenters. The first-order chi connectivity index (χ1) is 7.02. The molecule has 3 heteroatoms. The molecule has 0 aliphatic rings. The summed E-state index contributed by atoms with van der Waals surface area (Å²) in [5.41, 5.74) is -0.00171. The molecule has 0 spiro atoms. The molecule has 0 saturated carbocycles. The topological polar surface area (TPSA) is 9.23 Å². The maximum absolute atomic E-state index is 13.3. The summed E-state index contributed by atoms with van der Waals surface area (Å²) >= 11 is 0. The Morgan fingerprint density at radius 3 is 2.13 bits per heavy atom. The van der Waals surface area contributed by atoms with Gasteiger partial charge in [-0.15, -0.1) is 0 Å². The Morgan fingerprint density at radius 2 is 1.67 bits per heavy atom. The Hall–Kier alpha value is -1.12. The van der Waals surface area contributed by atoms with Crippen LogP contribution in [0.15, 0.2) is 12.1 Å². The van der Waals surface area contributed by atoms with Crippen LogP contribution in [-0.4, -0.2) is 6.10 Å². The lowest BCUT2D eigenvalue weighted by Crippen LogP contribution is -2.07. The van der Waals surface area contributed by atoms with Crippen LogP contribution in [0.4, 0.5) is 8.78 Å². The molecular weight excluding hydrogens is 198 g/mol. The number of benzene rings is 1. The highest BCUT2D eigenvalue weighted by atomic mass is 19.1. The molecule has 0 aliphatic carbocycles. The SMILES string of the molecule is CC.Cc1c(F)ccc(OC(C)C)c1F. The predicted octanol–water partition coefficient (Wildman–Crippen LogP) is 4.09. The Morgan fingerprint density at radius 1 is 1.13 bits per heavy atom. The quantitative estimate of drug-likeness (QED) is 0.723. The number of hydrogen-bond donors (Lipinski definition) is 0. The van der Waals surface area contributed by atoms with E-state index in [1.165, 1.54) is 19.1 Å². The van der Waals surface area contributed by atoms with Gasteiger partial charge in [0.1, 0.15) is 5.82 Å². The van der Waals surface area contributed by atoms with Gasteiger partial charge in [0.15, 0.2) is 11.6 Å². The van der Waals surface area contributed by atoms with Crippen LogP contribution >= 0.6 is 0 Å². The smallest absolute Gasteiger partial charge is 0.170 e. The van der Waals surface area contributed by atoms with E-state index in [0.717, 1.165) is 0 Å². The highest BCUT2D eigenvalue weighted by molar-refractivity contribution is 5.31. The molecule has 0 amide bonds. The van der Waals surface area contributed by atoms with E-state index in [9.17, 15) is 8.78 Å². The summed E-state index contributed by atoms with van der Waals surface area (Å²) in [5.74, 6) is -1.06. The molecule has 15 heavy (non-hydrogen) atoms. The molecule has 0 heterocycles. The molecular formula is C12H18F2O. The first kappa shape index (κ1) is 13.9. The van der Waals surface area contributed by atoms with Crippen molar-refractivity contribution in [2.75, 3.05) is 0 Å². The van der Waals surface area contributed by atoms with Crippen molar-refractivity contribution in [2.24, 2.45) is 0 Å². The van der Waals surface area contributed by atoms with Crippen molar-refractivity contribution < 1.29 is 13.5 Å². The van der Waals surface area contributed by atoms with E-state index in [1.807, 2.05) is 13.8 Å². The second kappa shape index (κ2) is 6.38. The van der Waals surface area contributed by atoms with Crippen LogP contribution in [0.1, 0.15) is 33.3 Å². The Balaban J connectivity index is 0.000000921. The number of ether oxygens (including phenoxy) is 1. The lowest BCUT2D eigenvalue weighted by Gasteiger charge is -2.11. The van der Waals surface area contributed by atoms with Gasteiger partial charge in [0, 0.05) is 5.56 Å². The molecule has 0 N–H and O–H groups in total. The molecule has 1 rings (SSSR count). The van der Waals surface area contributed by atoms with Crippen LogP contribution in [0.2, 0.25) is 0 Å². The average molecular weight is 216 g/mol. The van der Waals surface area contributed by atoms with Gasteiger partial charge in [0.25, 0.3) is 0 Å². The van der Waals surface area contributed by atoms with Crippen molar-refractivity contribution in [1.29, 1.82) is 0 Å². The van der Waals surface area contributed by atoms with Crippen molar-refractivity contribution in [3.05, 3.63) is 29.3 Å². The van der Waals surface area contributed by atoms with E-state index < -0.39 is 11.6 Å². The fraction of sp³-hybridized carbons (Fsp3) is 0.500. The minimum absolute atomic E-state index is 0.00171. The van der Waals surface area contributed by atoms with E-state index in [4.69, 9.17) is 4.74 Å². The molecule has 1 aromatic rings. The first-order valence-corrected chi connectivity index (χ1v) is 5.13. The fourth-order valence-electron chi connectivity index (χ4n) is 0.982. The standard InChI is InChI=1S/C10H12F2O.C2H6/c1-6(2)13-9-5-4-8(11)7(3)10(9)12;1-2/h4-6H,1-3H3;1-2H3. The van der Waals surface area contributed by atoms with Gasteiger partial charge in [-0.2, -0.15) is 0 Å². The third-order valence-corrected chi connectivity index (χ3v) is 1.65. The third kappa shape index (κ3) is 3.86. The lowest BCUT2D eigenvalue weighted by atomic mass is 10.2. The van der Waals surface area contributed by atoms with Crippen LogP contribution in [0.5, 0.6) is 5.75 Å². The first-order valence-electron chi connectivity index (χ1n) is 5.13. The molecule has 0 aliphatic heterocycles. The summed E-state index contributed by atoms with van der Waals surface area (Å²) in [4.78, 5) is 0. The van der Waals surface area contributed by atoms with Crippen LogP contribution in [0.3, 0.4) is 0 Å². The zero-order valence-corrected chi connectivity index (χ0v) is 9.90. The normalized spacial score (nSPS) is 9.60.